The zero-order valence-electron chi connectivity index (χ0n) is 8.20. The van der Waals surface area contributed by atoms with E-state index in [1.54, 1.807) is 13.8 Å². The van der Waals surface area contributed by atoms with Crippen molar-refractivity contribution in [1.29, 1.82) is 0 Å². The lowest BCUT2D eigenvalue weighted by molar-refractivity contribution is -0.127. The van der Waals surface area contributed by atoms with Crippen molar-refractivity contribution in [3.05, 3.63) is 22.7 Å². The molecule has 2 rings (SSSR count). The summed E-state index contributed by atoms with van der Waals surface area (Å²) in [7, 11) is 0. The number of esters is 1. The smallest absolute Gasteiger partial charge is 0.345 e. The van der Waals surface area contributed by atoms with Crippen molar-refractivity contribution in [2.24, 2.45) is 0 Å². The quantitative estimate of drug-likeness (QED) is 0.693. The highest BCUT2D eigenvalue weighted by Gasteiger charge is 2.34. The Labute approximate surface area is 91.4 Å². The van der Waals surface area contributed by atoms with E-state index >= 15 is 0 Å². The zero-order valence-corrected chi connectivity index (χ0v) is 8.96. The Kier molecular flexibility index (Phi) is 2.04. The number of ether oxygens (including phenoxy) is 2. The third-order valence-electron chi connectivity index (χ3n) is 1.96. The Hall–Kier alpha value is -1.42. The van der Waals surface area contributed by atoms with Gasteiger partial charge >= 0.3 is 5.97 Å². The minimum Gasteiger partial charge on any atom is -0.506 e. The first-order valence-electron chi connectivity index (χ1n) is 4.34. The van der Waals surface area contributed by atoms with Gasteiger partial charge in [0.2, 0.25) is 5.79 Å². The van der Waals surface area contributed by atoms with Gasteiger partial charge in [-0.05, 0) is 6.07 Å². The molecule has 1 aliphatic heterocycles. The number of fused-ring (bicyclic) bond motifs is 1. The van der Waals surface area contributed by atoms with Crippen LogP contribution in [0, 0.1) is 0 Å². The number of halogens is 1. The maximum absolute atomic E-state index is 11.5. The van der Waals surface area contributed by atoms with Crippen molar-refractivity contribution in [3.8, 4) is 11.5 Å². The molecular weight excluding hydrogens is 220 g/mol. The molecule has 0 radical (unpaired) electrons. The van der Waals surface area contributed by atoms with Crippen LogP contribution in [0.25, 0.3) is 0 Å². The molecule has 1 N–H and O–H groups in total. The van der Waals surface area contributed by atoms with Gasteiger partial charge in [0.05, 0.1) is 5.02 Å². The second-order valence-electron chi connectivity index (χ2n) is 3.69. The van der Waals surface area contributed by atoms with E-state index in [9.17, 15) is 9.90 Å². The first-order chi connectivity index (χ1) is 6.89. The van der Waals surface area contributed by atoms with Crippen LogP contribution < -0.4 is 4.74 Å². The Morgan fingerprint density at radius 3 is 2.67 bits per heavy atom. The normalized spacial score (nSPS) is 17.7. The van der Waals surface area contributed by atoms with Gasteiger partial charge in [-0.1, -0.05) is 11.6 Å². The topological polar surface area (TPSA) is 55.8 Å². The third kappa shape index (κ3) is 1.72. The molecule has 0 saturated carbocycles. The van der Waals surface area contributed by atoms with E-state index in [0.717, 1.165) is 0 Å². The Morgan fingerprint density at radius 1 is 1.33 bits per heavy atom. The monoisotopic (exact) mass is 228 g/mol. The SMILES string of the molecule is CC1(C)OC(=O)c2cc(Cl)c(O)cc2O1. The van der Waals surface area contributed by atoms with E-state index < -0.39 is 11.8 Å². The van der Waals surface area contributed by atoms with E-state index in [1.165, 1.54) is 12.1 Å². The van der Waals surface area contributed by atoms with Crippen LogP contribution in [-0.2, 0) is 4.74 Å². The molecule has 1 heterocycles. The summed E-state index contributed by atoms with van der Waals surface area (Å²) in [6.45, 7) is 3.22. The second-order valence-corrected chi connectivity index (χ2v) is 4.10. The summed E-state index contributed by atoms with van der Waals surface area (Å²) >= 11 is 5.67. The first kappa shape index (κ1) is 10.1. The minimum absolute atomic E-state index is 0.0917. The molecule has 80 valence electrons. The average Bonchev–Trinajstić information content (AvgIpc) is 2.07. The number of hydrogen-bond donors (Lipinski definition) is 1. The van der Waals surface area contributed by atoms with E-state index in [4.69, 9.17) is 21.1 Å². The van der Waals surface area contributed by atoms with Crippen LogP contribution in [-0.4, -0.2) is 16.9 Å². The summed E-state index contributed by atoms with van der Waals surface area (Å²) < 4.78 is 10.4. The van der Waals surface area contributed by atoms with Gasteiger partial charge in [0, 0.05) is 19.9 Å². The highest BCUT2D eigenvalue weighted by atomic mass is 35.5. The number of phenols is 1. The number of carbonyl (C=O) groups excluding carboxylic acids is 1. The van der Waals surface area contributed by atoms with Gasteiger partial charge in [-0.3, -0.25) is 0 Å². The molecule has 0 fully saturated rings. The van der Waals surface area contributed by atoms with Gasteiger partial charge in [0.1, 0.15) is 17.1 Å². The molecule has 0 atom stereocenters. The molecule has 0 unspecified atom stereocenters. The molecule has 4 nitrogen and oxygen atoms in total. The summed E-state index contributed by atoms with van der Waals surface area (Å²) in [5.41, 5.74) is 0.220. The fourth-order valence-corrected chi connectivity index (χ4v) is 1.51. The molecule has 0 amide bonds. The van der Waals surface area contributed by atoms with Gasteiger partial charge in [-0.2, -0.15) is 0 Å². The Balaban J connectivity index is 2.56. The molecule has 0 aliphatic carbocycles. The Bertz CT molecular complexity index is 439. The van der Waals surface area contributed by atoms with E-state index in [-0.39, 0.29) is 22.1 Å². The summed E-state index contributed by atoms with van der Waals surface area (Å²) in [5, 5.41) is 9.46. The molecule has 1 aromatic carbocycles. The number of cyclic esters (lactones) is 1. The predicted molar refractivity (Wildman–Crippen MR) is 53.2 cm³/mol. The second kappa shape index (κ2) is 3.03. The fraction of sp³-hybridized carbons (Fsp3) is 0.300. The summed E-state index contributed by atoms with van der Waals surface area (Å²) in [6.07, 6.45) is 0. The maximum atomic E-state index is 11.5. The van der Waals surface area contributed by atoms with Gasteiger partial charge in [-0.15, -0.1) is 0 Å². The molecule has 0 bridgehead atoms. The van der Waals surface area contributed by atoms with Gasteiger partial charge in [-0.25, -0.2) is 4.79 Å². The van der Waals surface area contributed by atoms with Crippen LogP contribution in [0.1, 0.15) is 24.2 Å². The van der Waals surface area contributed by atoms with E-state index in [1.807, 2.05) is 0 Å². The highest BCUT2D eigenvalue weighted by Crippen LogP contribution is 2.37. The van der Waals surface area contributed by atoms with Crippen LogP contribution >= 0.6 is 11.6 Å². The molecule has 1 aliphatic rings. The average molecular weight is 229 g/mol. The summed E-state index contributed by atoms with van der Waals surface area (Å²) in [6, 6.07) is 2.63. The minimum atomic E-state index is -1.02. The molecular formula is C10H9ClO4. The summed E-state index contributed by atoms with van der Waals surface area (Å²) in [5.74, 6) is -1.38. The van der Waals surface area contributed by atoms with Crippen LogP contribution in [0.4, 0.5) is 0 Å². The van der Waals surface area contributed by atoms with E-state index in [2.05, 4.69) is 0 Å². The third-order valence-corrected chi connectivity index (χ3v) is 2.27. The molecule has 5 heteroatoms. The summed E-state index contributed by atoms with van der Waals surface area (Å²) in [4.78, 5) is 11.5. The zero-order chi connectivity index (χ0) is 11.2. The number of hydrogen-bond acceptors (Lipinski definition) is 4. The van der Waals surface area contributed by atoms with Crippen molar-refractivity contribution in [2.75, 3.05) is 0 Å². The van der Waals surface area contributed by atoms with Crippen molar-refractivity contribution < 1.29 is 19.4 Å². The van der Waals surface area contributed by atoms with Crippen LogP contribution in [0.3, 0.4) is 0 Å². The number of aromatic hydroxyl groups is 1. The maximum Gasteiger partial charge on any atom is 0.345 e. The van der Waals surface area contributed by atoms with Crippen molar-refractivity contribution in [1.82, 2.24) is 0 Å². The van der Waals surface area contributed by atoms with E-state index in [0.29, 0.717) is 0 Å². The number of phenolic OH excluding ortho intramolecular Hbond substituents is 1. The molecule has 1 aromatic rings. The Morgan fingerprint density at radius 2 is 2.00 bits per heavy atom. The lowest BCUT2D eigenvalue weighted by atomic mass is 10.1. The first-order valence-corrected chi connectivity index (χ1v) is 4.72. The van der Waals surface area contributed by atoms with Crippen LogP contribution in [0.5, 0.6) is 11.5 Å². The van der Waals surface area contributed by atoms with Crippen LogP contribution in [0.2, 0.25) is 5.02 Å². The molecule has 0 saturated heterocycles. The van der Waals surface area contributed by atoms with Crippen molar-refractivity contribution >= 4 is 17.6 Å². The lowest BCUT2D eigenvalue weighted by Crippen LogP contribution is -2.38. The predicted octanol–water partition coefficient (Wildman–Crippen LogP) is 2.33. The number of carbonyl (C=O) groups is 1. The van der Waals surface area contributed by atoms with Crippen molar-refractivity contribution in [3.63, 3.8) is 0 Å². The van der Waals surface area contributed by atoms with Gasteiger partial charge in [0.25, 0.3) is 0 Å². The molecule has 0 aromatic heterocycles. The van der Waals surface area contributed by atoms with Crippen molar-refractivity contribution in [2.45, 2.75) is 19.6 Å². The number of rotatable bonds is 0. The van der Waals surface area contributed by atoms with Crippen LogP contribution in [0.15, 0.2) is 12.1 Å². The fourth-order valence-electron chi connectivity index (χ4n) is 1.35. The standard InChI is InChI=1S/C10H9ClO4/c1-10(2)14-8-4-7(12)6(11)3-5(8)9(13)15-10/h3-4,12H,1-2H3. The highest BCUT2D eigenvalue weighted by molar-refractivity contribution is 6.32. The molecule has 15 heavy (non-hydrogen) atoms. The lowest BCUT2D eigenvalue weighted by Gasteiger charge is -2.31. The number of benzene rings is 1. The largest absolute Gasteiger partial charge is 0.506 e. The van der Waals surface area contributed by atoms with Gasteiger partial charge in [0.15, 0.2) is 0 Å². The molecule has 0 spiro atoms. The van der Waals surface area contributed by atoms with Gasteiger partial charge < -0.3 is 14.6 Å².